The molecule has 0 aromatic carbocycles. The first-order valence-corrected chi connectivity index (χ1v) is 9.61. The predicted molar refractivity (Wildman–Crippen MR) is 97.7 cm³/mol. The lowest BCUT2D eigenvalue weighted by atomic mass is 10.3. The summed E-state index contributed by atoms with van der Waals surface area (Å²) in [6.45, 7) is 5.97. The maximum absolute atomic E-state index is 12.1. The third kappa shape index (κ3) is 5.35. The van der Waals surface area contributed by atoms with Crippen LogP contribution in [0.15, 0.2) is 34.1 Å². The van der Waals surface area contributed by atoms with Crippen LogP contribution in [0, 0.1) is 0 Å². The molecule has 2 aromatic heterocycles. The topological polar surface area (TPSA) is 75.3 Å². The highest BCUT2D eigenvalue weighted by atomic mass is 32.2. The van der Waals surface area contributed by atoms with Crippen LogP contribution in [0.4, 0.5) is 0 Å². The van der Waals surface area contributed by atoms with E-state index in [1.54, 1.807) is 24.0 Å². The second kappa shape index (κ2) is 9.07. The Hall–Kier alpha value is -1.77. The molecule has 7 nitrogen and oxygen atoms in total. The Balaban J connectivity index is 1.37. The molecule has 0 unspecified atom stereocenters. The molecular weight excluding hydrogens is 338 g/mol. The number of furan rings is 1. The summed E-state index contributed by atoms with van der Waals surface area (Å²) in [6.07, 6.45) is 4.63. The number of aryl methyl sites for hydroxylation is 1. The SMILES string of the molecule is Cn1ccnc1SCc1ccc(C(=O)NCCCN2CCNCC2)o1. The van der Waals surface area contributed by atoms with Gasteiger partial charge in [0, 0.05) is 52.2 Å². The highest BCUT2D eigenvalue weighted by Gasteiger charge is 2.13. The Morgan fingerprint density at radius 1 is 1.40 bits per heavy atom. The molecule has 3 heterocycles. The molecule has 1 fully saturated rings. The van der Waals surface area contributed by atoms with Crippen molar-refractivity contribution < 1.29 is 9.21 Å². The fourth-order valence-electron chi connectivity index (χ4n) is 2.73. The number of nitrogens with one attached hydrogen (secondary N) is 2. The van der Waals surface area contributed by atoms with Crippen LogP contribution >= 0.6 is 11.8 Å². The minimum absolute atomic E-state index is 0.145. The largest absolute Gasteiger partial charge is 0.455 e. The van der Waals surface area contributed by atoms with E-state index < -0.39 is 0 Å². The van der Waals surface area contributed by atoms with Crippen LogP contribution < -0.4 is 10.6 Å². The first kappa shape index (κ1) is 18.0. The van der Waals surface area contributed by atoms with Crippen LogP contribution in [0.5, 0.6) is 0 Å². The molecule has 1 saturated heterocycles. The van der Waals surface area contributed by atoms with Gasteiger partial charge in [0.2, 0.25) is 0 Å². The van der Waals surface area contributed by atoms with Gasteiger partial charge >= 0.3 is 0 Å². The van der Waals surface area contributed by atoms with Crippen LogP contribution in [-0.2, 0) is 12.8 Å². The molecule has 136 valence electrons. The first-order chi connectivity index (χ1) is 12.2. The number of aromatic nitrogens is 2. The van der Waals surface area contributed by atoms with E-state index in [-0.39, 0.29) is 5.91 Å². The molecule has 1 aliphatic rings. The molecule has 2 N–H and O–H groups in total. The average Bonchev–Trinajstić information content (AvgIpc) is 3.26. The van der Waals surface area contributed by atoms with Crippen molar-refractivity contribution in [3.05, 3.63) is 36.0 Å². The molecule has 0 aliphatic carbocycles. The van der Waals surface area contributed by atoms with E-state index in [1.165, 1.54) is 0 Å². The Kier molecular flexibility index (Phi) is 6.55. The van der Waals surface area contributed by atoms with Crippen molar-refractivity contribution in [3.63, 3.8) is 0 Å². The number of nitrogens with zero attached hydrogens (tertiary/aromatic N) is 3. The summed E-state index contributed by atoms with van der Waals surface area (Å²) < 4.78 is 7.60. The first-order valence-electron chi connectivity index (χ1n) is 8.62. The van der Waals surface area contributed by atoms with Gasteiger partial charge in [-0.05, 0) is 25.1 Å². The third-order valence-corrected chi connectivity index (χ3v) is 5.23. The van der Waals surface area contributed by atoms with Crippen LogP contribution in [0.25, 0.3) is 0 Å². The van der Waals surface area contributed by atoms with E-state index in [0.717, 1.165) is 50.1 Å². The number of piperazine rings is 1. The zero-order valence-corrected chi connectivity index (χ0v) is 15.3. The smallest absolute Gasteiger partial charge is 0.286 e. The van der Waals surface area contributed by atoms with E-state index >= 15 is 0 Å². The lowest BCUT2D eigenvalue weighted by Gasteiger charge is -2.26. The monoisotopic (exact) mass is 363 g/mol. The maximum atomic E-state index is 12.1. The van der Waals surface area contributed by atoms with Crippen molar-refractivity contribution in [3.8, 4) is 0 Å². The number of imidazole rings is 1. The number of carbonyl (C=O) groups excluding carboxylic acids is 1. The summed E-state index contributed by atoms with van der Waals surface area (Å²) in [5, 5.41) is 7.20. The molecule has 2 aromatic rings. The molecular formula is C17H25N5O2S. The molecule has 8 heteroatoms. The van der Waals surface area contributed by atoms with Crippen LogP contribution in [0.3, 0.4) is 0 Å². The number of carbonyl (C=O) groups is 1. The van der Waals surface area contributed by atoms with Crippen molar-refractivity contribution in [1.29, 1.82) is 0 Å². The van der Waals surface area contributed by atoms with Gasteiger partial charge in [-0.1, -0.05) is 11.8 Å². The third-order valence-electron chi connectivity index (χ3n) is 4.15. The molecule has 0 spiro atoms. The zero-order valence-electron chi connectivity index (χ0n) is 14.5. The van der Waals surface area contributed by atoms with Crippen molar-refractivity contribution in [2.75, 3.05) is 39.3 Å². The van der Waals surface area contributed by atoms with Crippen molar-refractivity contribution in [2.24, 2.45) is 7.05 Å². The summed E-state index contributed by atoms with van der Waals surface area (Å²) in [5.74, 6) is 1.66. The van der Waals surface area contributed by atoms with Crippen LogP contribution in [-0.4, -0.2) is 59.6 Å². The van der Waals surface area contributed by atoms with E-state index in [2.05, 4.69) is 20.5 Å². The molecule has 3 rings (SSSR count). The van der Waals surface area contributed by atoms with Gasteiger partial charge in [0.25, 0.3) is 5.91 Å². The number of amides is 1. The summed E-state index contributed by atoms with van der Waals surface area (Å²) in [5.41, 5.74) is 0. The Morgan fingerprint density at radius 2 is 2.24 bits per heavy atom. The van der Waals surface area contributed by atoms with Crippen LogP contribution in [0.1, 0.15) is 22.7 Å². The minimum atomic E-state index is -0.145. The Bertz CT molecular complexity index is 678. The molecule has 0 bridgehead atoms. The van der Waals surface area contributed by atoms with E-state index in [1.807, 2.05) is 23.9 Å². The normalized spacial score (nSPS) is 15.4. The van der Waals surface area contributed by atoms with E-state index in [9.17, 15) is 4.79 Å². The fraction of sp³-hybridized carbons (Fsp3) is 0.529. The van der Waals surface area contributed by atoms with Gasteiger partial charge in [0.05, 0.1) is 5.75 Å². The van der Waals surface area contributed by atoms with Gasteiger partial charge in [-0.3, -0.25) is 4.79 Å². The molecule has 0 saturated carbocycles. The Labute approximate surface area is 152 Å². The fourth-order valence-corrected chi connectivity index (χ4v) is 3.56. The van der Waals surface area contributed by atoms with Gasteiger partial charge in [0.1, 0.15) is 5.76 Å². The highest BCUT2D eigenvalue weighted by molar-refractivity contribution is 7.98. The lowest BCUT2D eigenvalue weighted by molar-refractivity contribution is 0.0922. The standard InChI is InChI=1S/C17H25N5O2S/c1-21-10-8-20-17(21)25-13-14-3-4-15(24-14)16(23)19-5-2-9-22-11-6-18-7-12-22/h3-4,8,10,18H,2,5-7,9,11-13H2,1H3,(H,19,23). The summed E-state index contributed by atoms with van der Waals surface area (Å²) >= 11 is 1.58. The number of hydrogen-bond donors (Lipinski definition) is 2. The number of hydrogen-bond acceptors (Lipinski definition) is 6. The molecule has 1 aliphatic heterocycles. The lowest BCUT2D eigenvalue weighted by Crippen LogP contribution is -2.44. The van der Waals surface area contributed by atoms with E-state index in [0.29, 0.717) is 18.1 Å². The van der Waals surface area contributed by atoms with E-state index in [4.69, 9.17) is 4.42 Å². The molecule has 1 amide bonds. The quantitative estimate of drug-likeness (QED) is 0.544. The summed E-state index contributed by atoms with van der Waals surface area (Å²) in [7, 11) is 1.96. The highest BCUT2D eigenvalue weighted by Crippen LogP contribution is 2.21. The number of rotatable bonds is 8. The zero-order chi connectivity index (χ0) is 17.5. The summed E-state index contributed by atoms with van der Waals surface area (Å²) in [6, 6.07) is 3.59. The van der Waals surface area contributed by atoms with Gasteiger partial charge in [0.15, 0.2) is 10.9 Å². The maximum Gasteiger partial charge on any atom is 0.286 e. The van der Waals surface area contributed by atoms with Crippen molar-refractivity contribution in [2.45, 2.75) is 17.3 Å². The molecule has 0 atom stereocenters. The molecule has 0 radical (unpaired) electrons. The summed E-state index contributed by atoms with van der Waals surface area (Å²) in [4.78, 5) is 18.8. The second-order valence-corrected chi connectivity index (χ2v) is 7.02. The van der Waals surface area contributed by atoms with Gasteiger partial charge in [-0.2, -0.15) is 0 Å². The van der Waals surface area contributed by atoms with Crippen molar-refractivity contribution >= 4 is 17.7 Å². The number of thioether (sulfide) groups is 1. The Morgan fingerprint density at radius 3 is 3.00 bits per heavy atom. The van der Waals surface area contributed by atoms with Crippen LogP contribution in [0.2, 0.25) is 0 Å². The van der Waals surface area contributed by atoms with Gasteiger partial charge in [-0.25, -0.2) is 4.98 Å². The predicted octanol–water partition coefficient (Wildman–Crippen LogP) is 1.33. The minimum Gasteiger partial charge on any atom is -0.455 e. The van der Waals surface area contributed by atoms with Gasteiger partial charge < -0.3 is 24.5 Å². The average molecular weight is 363 g/mol. The van der Waals surface area contributed by atoms with Gasteiger partial charge in [-0.15, -0.1) is 0 Å². The molecule has 25 heavy (non-hydrogen) atoms. The van der Waals surface area contributed by atoms with Crippen molar-refractivity contribution in [1.82, 2.24) is 25.1 Å². The second-order valence-electron chi connectivity index (χ2n) is 6.08.